The van der Waals surface area contributed by atoms with E-state index in [9.17, 15) is 4.79 Å². The highest BCUT2D eigenvalue weighted by Crippen LogP contribution is 2.34. The summed E-state index contributed by atoms with van der Waals surface area (Å²) in [6.07, 6.45) is 2.51. The second-order valence-corrected chi connectivity index (χ2v) is 6.25. The van der Waals surface area contributed by atoms with Gasteiger partial charge in [-0.3, -0.25) is 4.79 Å². The highest BCUT2D eigenvalue weighted by Gasteiger charge is 2.22. The molecule has 0 unspecified atom stereocenters. The topological polar surface area (TPSA) is 26.3 Å². The fourth-order valence-electron chi connectivity index (χ4n) is 3.02. The van der Waals surface area contributed by atoms with Gasteiger partial charge in [-0.15, -0.1) is 0 Å². The Hall–Kier alpha value is -2.58. The molecule has 1 aliphatic rings. The van der Waals surface area contributed by atoms with Crippen molar-refractivity contribution in [3.8, 4) is 5.75 Å². The number of Topliss-reactive ketones (excluding diaryl/α,β-unsaturated/α-hetero) is 1. The van der Waals surface area contributed by atoms with Crippen LogP contribution < -0.4 is 4.74 Å². The summed E-state index contributed by atoms with van der Waals surface area (Å²) >= 11 is 5.92. The lowest BCUT2D eigenvalue weighted by Gasteiger charge is -2.09. The molecule has 0 amide bonds. The molecule has 0 saturated heterocycles. The van der Waals surface area contributed by atoms with E-state index in [0.29, 0.717) is 29.4 Å². The van der Waals surface area contributed by atoms with Gasteiger partial charge in [0.2, 0.25) is 0 Å². The van der Waals surface area contributed by atoms with Crippen LogP contribution in [-0.4, -0.2) is 12.4 Å². The molecule has 0 saturated carbocycles. The van der Waals surface area contributed by atoms with Crippen LogP contribution >= 0.6 is 11.6 Å². The van der Waals surface area contributed by atoms with Crippen LogP contribution in [0.25, 0.3) is 16.8 Å². The number of carbonyl (C=O) groups is 1. The summed E-state index contributed by atoms with van der Waals surface area (Å²) in [5, 5.41) is 2.75. The van der Waals surface area contributed by atoms with Crippen molar-refractivity contribution in [1.29, 1.82) is 0 Å². The lowest BCUT2D eigenvalue weighted by molar-refractivity contribution is 0.103. The molecule has 0 N–H and O–H groups in total. The molecule has 24 heavy (non-hydrogen) atoms. The van der Waals surface area contributed by atoms with Crippen molar-refractivity contribution >= 4 is 34.2 Å². The Kier molecular flexibility index (Phi) is 3.83. The summed E-state index contributed by atoms with van der Waals surface area (Å²) in [6.45, 7) is 0.492. The number of hydrogen-bond acceptors (Lipinski definition) is 2. The monoisotopic (exact) mass is 334 g/mol. The predicted molar refractivity (Wildman–Crippen MR) is 97.8 cm³/mol. The van der Waals surface area contributed by atoms with Gasteiger partial charge in [-0.25, -0.2) is 0 Å². The first-order chi connectivity index (χ1) is 11.7. The van der Waals surface area contributed by atoms with Gasteiger partial charge in [-0.2, -0.15) is 0 Å². The molecule has 1 heterocycles. The largest absolute Gasteiger partial charge is 0.492 e. The van der Waals surface area contributed by atoms with Crippen LogP contribution in [0.4, 0.5) is 0 Å². The van der Waals surface area contributed by atoms with Crippen molar-refractivity contribution in [2.24, 2.45) is 0 Å². The highest BCUT2D eigenvalue weighted by atomic mass is 35.5. The van der Waals surface area contributed by atoms with Crippen LogP contribution in [0.1, 0.15) is 22.3 Å². The van der Waals surface area contributed by atoms with E-state index < -0.39 is 0 Å². The number of fused-ring (bicyclic) bond motifs is 3. The van der Waals surface area contributed by atoms with E-state index in [0.717, 1.165) is 21.9 Å². The Morgan fingerprint density at radius 1 is 0.958 bits per heavy atom. The summed E-state index contributed by atoms with van der Waals surface area (Å²) in [5.74, 6) is 0.723. The maximum absolute atomic E-state index is 13.0. The Morgan fingerprint density at radius 3 is 2.58 bits per heavy atom. The number of benzene rings is 3. The molecular formula is C21H15ClO2. The van der Waals surface area contributed by atoms with Crippen molar-refractivity contribution in [1.82, 2.24) is 0 Å². The average Bonchev–Trinajstić information content (AvgIpc) is 2.77. The van der Waals surface area contributed by atoms with Crippen LogP contribution in [0.3, 0.4) is 0 Å². The fraction of sp³-hybridized carbons (Fsp3) is 0.0952. The molecule has 0 fully saturated rings. The van der Waals surface area contributed by atoms with E-state index in [4.69, 9.17) is 16.3 Å². The first-order valence-corrected chi connectivity index (χ1v) is 8.25. The van der Waals surface area contributed by atoms with E-state index in [1.165, 1.54) is 0 Å². The number of ketones is 1. The van der Waals surface area contributed by atoms with Gasteiger partial charge >= 0.3 is 0 Å². The van der Waals surface area contributed by atoms with Crippen molar-refractivity contribution < 1.29 is 9.53 Å². The standard InChI is InChI=1S/C21H15ClO2/c22-17-8-5-14(6-9-17)13-16-11-12-24-21-18-4-2-1-3-15(18)7-10-19(21)20(16)23/h1-10,13H,11-12H2/b16-13-. The van der Waals surface area contributed by atoms with Gasteiger partial charge in [0.1, 0.15) is 5.75 Å². The molecule has 3 aromatic carbocycles. The van der Waals surface area contributed by atoms with Crippen LogP contribution in [0.5, 0.6) is 5.75 Å². The molecule has 0 bridgehead atoms. The number of carbonyl (C=O) groups excluding carboxylic acids is 1. The van der Waals surface area contributed by atoms with Crippen LogP contribution in [0.15, 0.2) is 66.2 Å². The van der Waals surface area contributed by atoms with Gasteiger partial charge in [-0.05, 0) is 35.2 Å². The molecule has 3 heteroatoms. The summed E-state index contributed by atoms with van der Waals surface area (Å²) in [5.41, 5.74) is 2.35. The van der Waals surface area contributed by atoms with E-state index in [1.54, 1.807) is 0 Å². The summed E-state index contributed by atoms with van der Waals surface area (Å²) in [6, 6.07) is 19.3. The quantitative estimate of drug-likeness (QED) is 0.546. The number of ether oxygens (including phenoxy) is 1. The normalized spacial score (nSPS) is 15.9. The van der Waals surface area contributed by atoms with Crippen LogP contribution in [0, 0.1) is 0 Å². The minimum Gasteiger partial charge on any atom is -0.492 e. The Morgan fingerprint density at radius 2 is 1.75 bits per heavy atom. The molecule has 0 atom stereocenters. The number of rotatable bonds is 1. The molecule has 1 aliphatic heterocycles. The van der Waals surface area contributed by atoms with Crippen molar-refractivity contribution in [3.63, 3.8) is 0 Å². The lowest BCUT2D eigenvalue weighted by atomic mass is 9.96. The third-order valence-electron chi connectivity index (χ3n) is 4.24. The van der Waals surface area contributed by atoms with E-state index >= 15 is 0 Å². The molecule has 0 aromatic heterocycles. The molecular weight excluding hydrogens is 320 g/mol. The van der Waals surface area contributed by atoms with E-state index in [-0.39, 0.29) is 5.78 Å². The third kappa shape index (κ3) is 2.70. The third-order valence-corrected chi connectivity index (χ3v) is 4.50. The van der Waals surface area contributed by atoms with Gasteiger partial charge in [0, 0.05) is 22.4 Å². The predicted octanol–water partition coefficient (Wildman–Crippen LogP) is 5.54. The van der Waals surface area contributed by atoms with Gasteiger partial charge in [0.05, 0.1) is 12.2 Å². The minimum absolute atomic E-state index is 0.0307. The number of hydrogen-bond donors (Lipinski definition) is 0. The first-order valence-electron chi connectivity index (χ1n) is 7.88. The molecule has 0 aliphatic carbocycles. The van der Waals surface area contributed by atoms with Crippen LogP contribution in [0.2, 0.25) is 5.02 Å². The van der Waals surface area contributed by atoms with Crippen molar-refractivity contribution in [3.05, 3.63) is 82.4 Å². The highest BCUT2D eigenvalue weighted by molar-refractivity contribution is 6.30. The maximum Gasteiger partial charge on any atom is 0.192 e. The smallest absolute Gasteiger partial charge is 0.192 e. The Balaban J connectivity index is 1.80. The SMILES string of the molecule is O=C1/C(=C\c2ccc(Cl)cc2)CCOc2c1ccc1ccccc21. The molecule has 118 valence electrons. The van der Waals surface area contributed by atoms with Gasteiger partial charge in [0.15, 0.2) is 5.78 Å². The van der Waals surface area contributed by atoms with Gasteiger partial charge in [-0.1, -0.05) is 54.1 Å². The van der Waals surface area contributed by atoms with Crippen molar-refractivity contribution in [2.75, 3.05) is 6.61 Å². The van der Waals surface area contributed by atoms with E-state index in [1.807, 2.05) is 66.7 Å². The summed E-state index contributed by atoms with van der Waals surface area (Å²) in [4.78, 5) is 13.0. The molecule has 3 aromatic rings. The Labute approximate surface area is 145 Å². The fourth-order valence-corrected chi connectivity index (χ4v) is 3.15. The summed E-state index contributed by atoms with van der Waals surface area (Å²) < 4.78 is 5.94. The zero-order valence-corrected chi connectivity index (χ0v) is 13.7. The zero-order chi connectivity index (χ0) is 16.5. The van der Waals surface area contributed by atoms with Gasteiger partial charge < -0.3 is 4.74 Å². The lowest BCUT2D eigenvalue weighted by Crippen LogP contribution is -2.02. The van der Waals surface area contributed by atoms with Gasteiger partial charge in [0.25, 0.3) is 0 Å². The number of halogens is 1. The second-order valence-electron chi connectivity index (χ2n) is 5.81. The molecule has 2 nitrogen and oxygen atoms in total. The molecule has 0 spiro atoms. The Bertz CT molecular complexity index is 955. The minimum atomic E-state index is 0.0307. The second kappa shape index (κ2) is 6.14. The van der Waals surface area contributed by atoms with Crippen molar-refractivity contribution in [2.45, 2.75) is 6.42 Å². The molecule has 0 radical (unpaired) electrons. The zero-order valence-electron chi connectivity index (χ0n) is 13.0. The van der Waals surface area contributed by atoms with E-state index in [2.05, 4.69) is 0 Å². The first kappa shape index (κ1) is 15.0. The van der Waals surface area contributed by atoms with Crippen LogP contribution in [-0.2, 0) is 0 Å². The molecule has 4 rings (SSSR count). The summed E-state index contributed by atoms with van der Waals surface area (Å²) in [7, 11) is 0. The maximum atomic E-state index is 13.0. The average molecular weight is 335 g/mol.